The molecule has 0 heterocycles. The Morgan fingerprint density at radius 2 is 1.50 bits per heavy atom. The molecule has 2 atom stereocenters. The second-order valence-corrected chi connectivity index (χ2v) is 11.2. The van der Waals surface area contributed by atoms with E-state index >= 15 is 0 Å². The van der Waals surface area contributed by atoms with Gasteiger partial charge in [0, 0.05) is 5.54 Å². The van der Waals surface area contributed by atoms with Crippen molar-refractivity contribution in [1.82, 2.24) is 0 Å². The van der Waals surface area contributed by atoms with Gasteiger partial charge in [-0.1, -0.05) is 34.6 Å². The van der Waals surface area contributed by atoms with E-state index in [1.54, 1.807) is 0 Å². The lowest BCUT2D eigenvalue weighted by atomic mass is 9.87. The molecule has 0 saturated carbocycles. The third kappa shape index (κ3) is 3.40. The molecular formula is C14H33NS. The molecule has 0 rings (SSSR count). The summed E-state index contributed by atoms with van der Waals surface area (Å²) in [6, 6.07) is 0. The molecule has 0 aromatic carbocycles. The van der Waals surface area contributed by atoms with Gasteiger partial charge < -0.3 is 5.73 Å². The summed E-state index contributed by atoms with van der Waals surface area (Å²) in [5, 5.41) is 0.769. The highest BCUT2D eigenvalue weighted by molar-refractivity contribution is 8.34. The maximum absolute atomic E-state index is 6.39. The summed E-state index contributed by atoms with van der Waals surface area (Å²) in [6.07, 6.45) is 8.41. The standard InChI is InChI=1S/C14H33NS/c1-9-13(5,15)11-14(6,10-2)16(7,8)12(3)4/h12H,9-11,15H2,1-8H3. The van der Waals surface area contributed by atoms with Crippen LogP contribution in [0.15, 0.2) is 0 Å². The molecule has 0 aromatic rings. The molecule has 0 amide bonds. The highest BCUT2D eigenvalue weighted by Crippen LogP contribution is 2.60. The van der Waals surface area contributed by atoms with Gasteiger partial charge in [-0.2, -0.15) is 0 Å². The Balaban J connectivity index is 5.06. The first-order chi connectivity index (χ1) is 7.02. The Labute approximate surface area is 105 Å². The minimum atomic E-state index is -0.612. The molecular weight excluding hydrogens is 214 g/mol. The maximum atomic E-state index is 6.39. The van der Waals surface area contributed by atoms with Gasteiger partial charge in [0.05, 0.1) is 0 Å². The van der Waals surface area contributed by atoms with E-state index in [1.165, 1.54) is 6.42 Å². The highest BCUT2D eigenvalue weighted by Gasteiger charge is 2.41. The predicted octanol–water partition coefficient (Wildman–Crippen LogP) is 4.15. The minimum absolute atomic E-state index is 0.0100. The second kappa shape index (κ2) is 5.30. The number of hydrogen-bond acceptors (Lipinski definition) is 1. The molecule has 0 aliphatic carbocycles. The normalized spacial score (nSPS) is 21.6. The fourth-order valence-corrected chi connectivity index (χ4v) is 4.82. The van der Waals surface area contributed by atoms with E-state index in [0.29, 0.717) is 4.75 Å². The van der Waals surface area contributed by atoms with Gasteiger partial charge in [-0.15, -0.1) is 0 Å². The second-order valence-electron chi connectivity index (χ2n) is 6.44. The van der Waals surface area contributed by atoms with Crippen molar-refractivity contribution < 1.29 is 0 Å². The lowest BCUT2D eigenvalue weighted by molar-refractivity contribution is 0.358. The fourth-order valence-electron chi connectivity index (χ4n) is 2.23. The van der Waals surface area contributed by atoms with E-state index in [4.69, 9.17) is 5.73 Å². The maximum Gasteiger partial charge on any atom is 0.0135 e. The number of hydrogen-bond donors (Lipinski definition) is 1. The predicted molar refractivity (Wildman–Crippen MR) is 80.8 cm³/mol. The summed E-state index contributed by atoms with van der Waals surface area (Å²) in [7, 11) is -0.612. The first kappa shape index (κ1) is 16.3. The van der Waals surface area contributed by atoms with Crippen LogP contribution in [0.2, 0.25) is 0 Å². The quantitative estimate of drug-likeness (QED) is 0.750. The van der Waals surface area contributed by atoms with Crippen LogP contribution in [0.3, 0.4) is 0 Å². The van der Waals surface area contributed by atoms with E-state index in [0.717, 1.165) is 18.1 Å². The summed E-state index contributed by atoms with van der Waals surface area (Å²) < 4.78 is 0.403. The average molecular weight is 247 g/mol. The van der Waals surface area contributed by atoms with Gasteiger partial charge in [0.25, 0.3) is 0 Å². The van der Waals surface area contributed by atoms with Gasteiger partial charge in [0.1, 0.15) is 0 Å². The van der Waals surface area contributed by atoms with Crippen molar-refractivity contribution in [3.63, 3.8) is 0 Å². The molecule has 0 bridgehead atoms. The van der Waals surface area contributed by atoms with Crippen molar-refractivity contribution >= 4 is 10.0 Å². The zero-order valence-electron chi connectivity index (χ0n) is 12.7. The van der Waals surface area contributed by atoms with Gasteiger partial charge in [0.2, 0.25) is 0 Å². The van der Waals surface area contributed by atoms with Crippen molar-refractivity contribution in [2.75, 3.05) is 12.5 Å². The first-order valence-electron chi connectivity index (χ1n) is 6.53. The van der Waals surface area contributed by atoms with Crippen molar-refractivity contribution in [3.05, 3.63) is 0 Å². The van der Waals surface area contributed by atoms with Crippen LogP contribution in [-0.4, -0.2) is 28.0 Å². The van der Waals surface area contributed by atoms with Gasteiger partial charge in [-0.25, -0.2) is 10.0 Å². The summed E-state index contributed by atoms with van der Waals surface area (Å²) in [6.45, 7) is 13.9. The Kier molecular flexibility index (Phi) is 5.41. The lowest BCUT2D eigenvalue weighted by Gasteiger charge is -2.54. The number of rotatable bonds is 6. The van der Waals surface area contributed by atoms with E-state index in [-0.39, 0.29) is 5.54 Å². The van der Waals surface area contributed by atoms with Crippen molar-refractivity contribution in [3.8, 4) is 0 Å². The SMILES string of the molecule is CCC(C)(N)CC(C)(CC)S(C)(C)C(C)C. The molecule has 0 radical (unpaired) electrons. The first-order valence-corrected chi connectivity index (χ1v) is 9.04. The van der Waals surface area contributed by atoms with E-state index < -0.39 is 10.0 Å². The molecule has 100 valence electrons. The topological polar surface area (TPSA) is 26.0 Å². The Bertz CT molecular complexity index is 221. The Morgan fingerprint density at radius 3 is 1.75 bits per heavy atom. The van der Waals surface area contributed by atoms with Crippen molar-refractivity contribution in [1.29, 1.82) is 0 Å². The molecule has 0 spiro atoms. The fraction of sp³-hybridized carbons (Fsp3) is 1.00. The Hall–Kier alpha value is 0.310. The zero-order chi connectivity index (χ0) is 13.2. The molecule has 0 aliphatic heterocycles. The lowest BCUT2D eigenvalue weighted by Crippen LogP contribution is -2.47. The van der Waals surface area contributed by atoms with Crippen LogP contribution >= 0.6 is 10.0 Å². The molecule has 2 unspecified atom stereocenters. The Morgan fingerprint density at radius 1 is 1.06 bits per heavy atom. The highest BCUT2D eigenvalue weighted by atomic mass is 32.3. The van der Waals surface area contributed by atoms with E-state index in [9.17, 15) is 0 Å². The van der Waals surface area contributed by atoms with Crippen molar-refractivity contribution in [2.45, 2.75) is 76.3 Å². The smallest absolute Gasteiger partial charge is 0.0135 e. The molecule has 1 nitrogen and oxygen atoms in total. The molecule has 0 fully saturated rings. The van der Waals surface area contributed by atoms with Gasteiger partial charge in [0.15, 0.2) is 0 Å². The zero-order valence-corrected chi connectivity index (χ0v) is 13.5. The summed E-state index contributed by atoms with van der Waals surface area (Å²) in [5.74, 6) is 0. The molecule has 16 heavy (non-hydrogen) atoms. The minimum Gasteiger partial charge on any atom is -0.325 e. The van der Waals surface area contributed by atoms with Crippen LogP contribution in [0.1, 0.15) is 60.8 Å². The molecule has 0 saturated heterocycles. The molecule has 2 heteroatoms. The van der Waals surface area contributed by atoms with Crippen LogP contribution in [0.5, 0.6) is 0 Å². The third-order valence-electron chi connectivity index (χ3n) is 4.78. The van der Waals surface area contributed by atoms with Crippen LogP contribution in [0.4, 0.5) is 0 Å². The summed E-state index contributed by atoms with van der Waals surface area (Å²) >= 11 is 0. The third-order valence-corrected chi connectivity index (χ3v) is 10.1. The van der Waals surface area contributed by atoms with E-state index in [2.05, 4.69) is 54.1 Å². The van der Waals surface area contributed by atoms with E-state index in [1.807, 2.05) is 0 Å². The van der Waals surface area contributed by atoms with Crippen LogP contribution in [0, 0.1) is 0 Å². The monoisotopic (exact) mass is 247 g/mol. The van der Waals surface area contributed by atoms with Gasteiger partial charge in [-0.3, -0.25) is 0 Å². The van der Waals surface area contributed by atoms with Crippen LogP contribution in [-0.2, 0) is 0 Å². The molecule has 2 N–H and O–H groups in total. The van der Waals surface area contributed by atoms with Crippen molar-refractivity contribution in [2.24, 2.45) is 5.73 Å². The van der Waals surface area contributed by atoms with Crippen LogP contribution < -0.4 is 5.73 Å². The van der Waals surface area contributed by atoms with Gasteiger partial charge in [-0.05, 0) is 48.7 Å². The summed E-state index contributed by atoms with van der Waals surface area (Å²) in [4.78, 5) is 0. The van der Waals surface area contributed by atoms with Gasteiger partial charge >= 0.3 is 0 Å². The molecule has 0 aromatic heterocycles. The molecule has 0 aliphatic rings. The van der Waals surface area contributed by atoms with Crippen LogP contribution in [0.25, 0.3) is 0 Å². The summed E-state index contributed by atoms with van der Waals surface area (Å²) in [5.41, 5.74) is 6.38. The largest absolute Gasteiger partial charge is 0.325 e. The number of nitrogens with two attached hydrogens (primary N) is 1. The average Bonchev–Trinajstić information content (AvgIpc) is 2.16.